The largest absolute Gasteiger partial charge is 0.457 e. The zero-order chi connectivity index (χ0) is 14.7. The molecule has 6 heteroatoms. The molecule has 21 heavy (non-hydrogen) atoms. The van der Waals surface area contributed by atoms with E-state index in [0.29, 0.717) is 22.8 Å². The minimum absolute atomic E-state index is 0.334. The molecule has 0 unspecified atom stereocenters. The van der Waals surface area contributed by atoms with Crippen molar-refractivity contribution in [3.05, 3.63) is 60.3 Å². The summed E-state index contributed by atoms with van der Waals surface area (Å²) in [6, 6.07) is 13.9. The lowest BCUT2D eigenvalue weighted by Gasteiger charge is -2.09. The summed E-state index contributed by atoms with van der Waals surface area (Å²) in [5, 5.41) is 7.03. The maximum absolute atomic E-state index is 11.3. The topological polar surface area (TPSA) is 91.2 Å². The average molecular weight is 281 g/mol. The number of primary amides is 1. The van der Waals surface area contributed by atoms with Gasteiger partial charge in [0.25, 0.3) is 5.91 Å². The SMILES string of the molecule is NC(=O)c1ccccc1Oc1ccc(-c2cnno2)cc1. The Bertz CT molecular complexity index is 752. The monoisotopic (exact) mass is 281 g/mol. The van der Waals surface area contributed by atoms with Gasteiger partial charge in [-0.05, 0) is 36.4 Å². The molecule has 2 N–H and O–H groups in total. The molecule has 1 aromatic heterocycles. The van der Waals surface area contributed by atoms with Crippen LogP contribution in [0, 0.1) is 0 Å². The molecule has 0 saturated heterocycles. The van der Waals surface area contributed by atoms with E-state index in [4.69, 9.17) is 15.0 Å². The fourth-order valence-corrected chi connectivity index (χ4v) is 1.87. The highest BCUT2D eigenvalue weighted by Gasteiger charge is 2.09. The van der Waals surface area contributed by atoms with Crippen molar-refractivity contribution >= 4 is 5.91 Å². The Labute approximate surface area is 120 Å². The van der Waals surface area contributed by atoms with Crippen LogP contribution in [-0.4, -0.2) is 16.3 Å². The van der Waals surface area contributed by atoms with Crippen LogP contribution in [-0.2, 0) is 0 Å². The molecule has 0 spiro atoms. The molecule has 0 radical (unpaired) electrons. The fraction of sp³-hybridized carbons (Fsp3) is 0. The van der Waals surface area contributed by atoms with Crippen LogP contribution in [0.3, 0.4) is 0 Å². The molecular weight excluding hydrogens is 270 g/mol. The molecule has 104 valence electrons. The molecule has 0 aliphatic carbocycles. The van der Waals surface area contributed by atoms with Crippen LogP contribution in [0.5, 0.6) is 11.5 Å². The Morgan fingerprint density at radius 1 is 1.10 bits per heavy atom. The van der Waals surface area contributed by atoms with Gasteiger partial charge in [-0.2, -0.15) is 0 Å². The first-order chi connectivity index (χ1) is 10.2. The molecule has 0 saturated carbocycles. The molecule has 3 aromatic rings. The second-order valence-corrected chi connectivity index (χ2v) is 4.27. The number of ether oxygens (including phenoxy) is 1. The van der Waals surface area contributed by atoms with E-state index in [1.165, 1.54) is 6.20 Å². The number of benzene rings is 2. The fourth-order valence-electron chi connectivity index (χ4n) is 1.87. The molecule has 1 heterocycles. The number of carbonyl (C=O) groups is 1. The summed E-state index contributed by atoms with van der Waals surface area (Å²) in [5.74, 6) is 1.04. The number of hydrogen-bond acceptors (Lipinski definition) is 5. The third-order valence-electron chi connectivity index (χ3n) is 2.88. The van der Waals surface area contributed by atoms with Crippen molar-refractivity contribution < 1.29 is 14.1 Å². The first-order valence-electron chi connectivity index (χ1n) is 6.18. The van der Waals surface area contributed by atoms with E-state index in [-0.39, 0.29) is 0 Å². The van der Waals surface area contributed by atoms with Crippen LogP contribution in [0.25, 0.3) is 11.3 Å². The van der Waals surface area contributed by atoms with Crippen molar-refractivity contribution in [2.45, 2.75) is 0 Å². The summed E-state index contributed by atoms with van der Waals surface area (Å²) < 4.78 is 10.6. The standard InChI is InChI=1S/C15H11N3O3/c16-15(19)12-3-1-2-4-13(12)20-11-7-5-10(6-8-11)14-9-17-18-21-14/h1-9H,(H2,16,19). The van der Waals surface area contributed by atoms with Gasteiger partial charge in [0.2, 0.25) is 0 Å². The van der Waals surface area contributed by atoms with Crippen LogP contribution in [0.2, 0.25) is 0 Å². The Balaban J connectivity index is 1.84. The van der Waals surface area contributed by atoms with Gasteiger partial charge in [0.1, 0.15) is 11.5 Å². The molecule has 0 aliphatic rings. The quantitative estimate of drug-likeness (QED) is 0.793. The highest BCUT2D eigenvalue weighted by molar-refractivity contribution is 5.95. The van der Waals surface area contributed by atoms with Crippen molar-refractivity contribution in [1.82, 2.24) is 10.4 Å². The summed E-state index contributed by atoms with van der Waals surface area (Å²) in [4.78, 5) is 11.3. The van der Waals surface area contributed by atoms with E-state index in [1.54, 1.807) is 36.4 Å². The molecule has 6 nitrogen and oxygen atoms in total. The third kappa shape index (κ3) is 2.74. The number of para-hydroxylation sites is 1. The Kier molecular flexibility index (Phi) is 3.34. The lowest BCUT2D eigenvalue weighted by atomic mass is 10.1. The maximum Gasteiger partial charge on any atom is 0.252 e. The summed E-state index contributed by atoms with van der Waals surface area (Å²) in [6.07, 6.45) is 1.53. The van der Waals surface area contributed by atoms with Crippen molar-refractivity contribution in [1.29, 1.82) is 0 Å². The normalized spacial score (nSPS) is 10.3. The first kappa shape index (κ1) is 12.9. The molecule has 0 atom stereocenters. The van der Waals surface area contributed by atoms with E-state index in [2.05, 4.69) is 10.4 Å². The average Bonchev–Trinajstić information content (AvgIpc) is 3.03. The number of nitrogens with zero attached hydrogens (tertiary/aromatic N) is 2. The van der Waals surface area contributed by atoms with Gasteiger partial charge in [0.05, 0.1) is 11.8 Å². The molecule has 0 bridgehead atoms. The minimum Gasteiger partial charge on any atom is -0.457 e. The van der Waals surface area contributed by atoms with Gasteiger partial charge in [0.15, 0.2) is 5.76 Å². The second-order valence-electron chi connectivity index (χ2n) is 4.27. The molecule has 0 aliphatic heterocycles. The van der Waals surface area contributed by atoms with E-state index in [0.717, 1.165) is 5.56 Å². The number of carbonyl (C=O) groups excluding carboxylic acids is 1. The van der Waals surface area contributed by atoms with Crippen LogP contribution < -0.4 is 10.5 Å². The van der Waals surface area contributed by atoms with E-state index < -0.39 is 5.91 Å². The Morgan fingerprint density at radius 3 is 2.52 bits per heavy atom. The highest BCUT2D eigenvalue weighted by atomic mass is 16.5. The van der Waals surface area contributed by atoms with Crippen molar-refractivity contribution in [2.75, 3.05) is 0 Å². The molecule has 1 amide bonds. The summed E-state index contributed by atoms with van der Waals surface area (Å²) in [7, 11) is 0. The van der Waals surface area contributed by atoms with Gasteiger partial charge >= 0.3 is 0 Å². The van der Waals surface area contributed by atoms with Gasteiger partial charge in [-0.3, -0.25) is 4.79 Å². The zero-order valence-electron chi connectivity index (χ0n) is 10.9. The van der Waals surface area contributed by atoms with Crippen LogP contribution in [0.4, 0.5) is 0 Å². The van der Waals surface area contributed by atoms with Gasteiger partial charge in [-0.1, -0.05) is 12.1 Å². The Hall–Kier alpha value is -3.15. The van der Waals surface area contributed by atoms with Crippen LogP contribution >= 0.6 is 0 Å². The van der Waals surface area contributed by atoms with E-state index in [9.17, 15) is 4.79 Å². The third-order valence-corrected chi connectivity index (χ3v) is 2.88. The van der Waals surface area contributed by atoms with E-state index in [1.807, 2.05) is 12.1 Å². The maximum atomic E-state index is 11.3. The van der Waals surface area contributed by atoms with Crippen LogP contribution in [0.15, 0.2) is 59.3 Å². The van der Waals surface area contributed by atoms with Gasteiger partial charge in [-0.25, -0.2) is 0 Å². The molecular formula is C15H11N3O3. The number of rotatable bonds is 4. The predicted octanol–water partition coefficient (Wildman–Crippen LogP) is 2.63. The van der Waals surface area contributed by atoms with Crippen LogP contribution in [0.1, 0.15) is 10.4 Å². The minimum atomic E-state index is -0.532. The summed E-state index contributed by atoms with van der Waals surface area (Å²) >= 11 is 0. The summed E-state index contributed by atoms with van der Waals surface area (Å²) in [6.45, 7) is 0. The van der Waals surface area contributed by atoms with Crippen molar-refractivity contribution in [2.24, 2.45) is 5.73 Å². The molecule has 0 fully saturated rings. The number of nitrogens with two attached hydrogens (primary N) is 1. The van der Waals surface area contributed by atoms with Gasteiger partial charge < -0.3 is 15.0 Å². The van der Waals surface area contributed by atoms with E-state index >= 15 is 0 Å². The highest BCUT2D eigenvalue weighted by Crippen LogP contribution is 2.27. The number of amides is 1. The summed E-state index contributed by atoms with van der Waals surface area (Å²) in [5.41, 5.74) is 6.47. The second kappa shape index (κ2) is 5.46. The molecule has 2 aromatic carbocycles. The van der Waals surface area contributed by atoms with Crippen molar-refractivity contribution in [3.8, 4) is 22.8 Å². The predicted molar refractivity (Wildman–Crippen MR) is 74.8 cm³/mol. The van der Waals surface area contributed by atoms with Crippen molar-refractivity contribution in [3.63, 3.8) is 0 Å². The lowest BCUT2D eigenvalue weighted by molar-refractivity contribution is 0.0998. The number of aromatic nitrogens is 2. The van der Waals surface area contributed by atoms with Gasteiger partial charge in [0, 0.05) is 10.8 Å². The smallest absolute Gasteiger partial charge is 0.252 e. The van der Waals surface area contributed by atoms with Gasteiger partial charge in [-0.15, -0.1) is 5.10 Å². The zero-order valence-corrected chi connectivity index (χ0v) is 10.9. The molecule has 3 rings (SSSR count). The number of hydrogen-bond donors (Lipinski definition) is 1. The first-order valence-corrected chi connectivity index (χ1v) is 6.18. The lowest BCUT2D eigenvalue weighted by Crippen LogP contribution is -2.11. The Morgan fingerprint density at radius 2 is 1.86 bits per heavy atom.